The van der Waals surface area contributed by atoms with E-state index >= 15 is 0 Å². The minimum atomic E-state index is -0.486. The second kappa shape index (κ2) is 3.72. The van der Waals surface area contributed by atoms with Crippen molar-refractivity contribution in [2.75, 3.05) is 0 Å². The Morgan fingerprint density at radius 3 is 2.43 bits per heavy atom. The molecule has 1 aliphatic heterocycles. The molecule has 0 amide bonds. The van der Waals surface area contributed by atoms with Crippen LogP contribution in [0.2, 0.25) is 0 Å². The number of ether oxygens (including phenoxy) is 1. The second-order valence-corrected chi connectivity index (χ2v) is 4.11. The fourth-order valence-corrected chi connectivity index (χ4v) is 2.13. The fourth-order valence-electron chi connectivity index (χ4n) is 1.15. The van der Waals surface area contributed by atoms with E-state index in [-0.39, 0.29) is 6.42 Å². The number of cyclic esters (lactones) is 2. The maximum atomic E-state index is 11.1. The lowest BCUT2D eigenvalue weighted by Gasteiger charge is -1.91. The van der Waals surface area contributed by atoms with Crippen molar-refractivity contribution in [3.63, 3.8) is 0 Å². The molecule has 3 nitrogen and oxygen atoms in total. The Hall–Kier alpha value is -1.47. The first-order valence-corrected chi connectivity index (χ1v) is 5.03. The first-order chi connectivity index (χ1) is 6.75. The van der Waals surface area contributed by atoms with Gasteiger partial charge in [-0.05, 0) is 0 Å². The molecule has 0 unspecified atom stereocenters. The van der Waals surface area contributed by atoms with E-state index in [1.54, 1.807) is 0 Å². The Kier molecular flexibility index (Phi) is 2.42. The molecule has 4 heteroatoms. The summed E-state index contributed by atoms with van der Waals surface area (Å²) in [7, 11) is 0.765. The van der Waals surface area contributed by atoms with Crippen LogP contribution in [0.25, 0.3) is 0 Å². The van der Waals surface area contributed by atoms with Gasteiger partial charge >= 0.3 is 11.9 Å². The Balaban J connectivity index is 2.28. The van der Waals surface area contributed by atoms with Gasteiger partial charge in [-0.1, -0.05) is 38.5 Å². The van der Waals surface area contributed by atoms with Gasteiger partial charge in [0.05, 0.1) is 11.7 Å². The van der Waals surface area contributed by atoms with Crippen molar-refractivity contribution >= 4 is 30.7 Å². The third-order valence-electron chi connectivity index (χ3n) is 1.77. The summed E-state index contributed by atoms with van der Waals surface area (Å²) in [6, 6.07) is 9.51. The highest BCUT2D eigenvalue weighted by Gasteiger charge is 2.27. The standard InChI is InChI=1S/C10H7O3P/c11-9-6-8(10(12)13-9)14-7-4-2-1-3-5-7/h1-5H,6H2. The normalized spacial score (nSPS) is 18.7. The van der Waals surface area contributed by atoms with E-state index in [9.17, 15) is 9.59 Å². The van der Waals surface area contributed by atoms with Gasteiger partial charge in [-0.25, -0.2) is 4.79 Å². The van der Waals surface area contributed by atoms with Crippen LogP contribution < -0.4 is 5.30 Å². The van der Waals surface area contributed by atoms with E-state index < -0.39 is 11.9 Å². The Bertz CT molecular complexity index is 409. The van der Waals surface area contributed by atoms with Gasteiger partial charge in [-0.2, -0.15) is 0 Å². The summed E-state index contributed by atoms with van der Waals surface area (Å²) in [5.41, 5.74) is 0. The van der Waals surface area contributed by atoms with E-state index in [1.807, 2.05) is 30.3 Å². The minimum absolute atomic E-state index is 0.120. The van der Waals surface area contributed by atoms with Crippen LogP contribution in [0.15, 0.2) is 30.3 Å². The van der Waals surface area contributed by atoms with Gasteiger partial charge in [0, 0.05) is 5.30 Å². The van der Waals surface area contributed by atoms with Crippen molar-refractivity contribution in [2.24, 2.45) is 0 Å². The molecular weight excluding hydrogens is 199 g/mol. The van der Waals surface area contributed by atoms with Crippen LogP contribution in [-0.2, 0) is 14.3 Å². The van der Waals surface area contributed by atoms with Gasteiger partial charge in [0.25, 0.3) is 0 Å². The lowest BCUT2D eigenvalue weighted by molar-refractivity contribution is -0.150. The van der Waals surface area contributed by atoms with Crippen LogP contribution >= 0.6 is 8.20 Å². The largest absolute Gasteiger partial charge is 0.389 e. The van der Waals surface area contributed by atoms with E-state index in [1.165, 1.54) is 0 Å². The molecule has 0 N–H and O–H groups in total. The van der Waals surface area contributed by atoms with Gasteiger partial charge < -0.3 is 4.74 Å². The van der Waals surface area contributed by atoms with Gasteiger partial charge in [-0.15, -0.1) is 0 Å². The summed E-state index contributed by atoms with van der Waals surface area (Å²) in [5, 5.41) is 1.51. The number of carbonyl (C=O) groups is 2. The molecule has 1 aliphatic rings. The number of hydrogen-bond donors (Lipinski definition) is 0. The molecule has 1 heterocycles. The summed E-state index contributed by atoms with van der Waals surface area (Å²) in [6.07, 6.45) is 0.120. The topological polar surface area (TPSA) is 43.4 Å². The van der Waals surface area contributed by atoms with Gasteiger partial charge in [0.2, 0.25) is 0 Å². The highest BCUT2D eigenvalue weighted by molar-refractivity contribution is 7.51. The second-order valence-electron chi connectivity index (χ2n) is 2.83. The SMILES string of the molecule is O=C1CC(=Pc2ccccc2)C(=O)O1. The molecule has 0 aliphatic carbocycles. The summed E-state index contributed by atoms with van der Waals surface area (Å²) in [6.45, 7) is 0. The van der Waals surface area contributed by atoms with Crippen LogP contribution in [0.3, 0.4) is 0 Å². The Morgan fingerprint density at radius 2 is 1.86 bits per heavy atom. The van der Waals surface area contributed by atoms with Crippen molar-refractivity contribution in [2.45, 2.75) is 6.42 Å². The summed E-state index contributed by atoms with van der Waals surface area (Å²) in [4.78, 5) is 21.9. The highest BCUT2D eigenvalue weighted by Crippen LogP contribution is 2.12. The molecule has 0 spiro atoms. The molecule has 2 rings (SSSR count). The Morgan fingerprint density at radius 1 is 1.14 bits per heavy atom. The monoisotopic (exact) mass is 206 g/mol. The minimum Gasteiger partial charge on any atom is -0.389 e. The maximum Gasteiger partial charge on any atom is 0.346 e. The highest BCUT2D eigenvalue weighted by atomic mass is 31.1. The van der Waals surface area contributed by atoms with Gasteiger partial charge in [-0.3, -0.25) is 4.79 Å². The van der Waals surface area contributed by atoms with Crippen LogP contribution in [0, 0.1) is 0 Å². The van der Waals surface area contributed by atoms with Crippen LogP contribution in [0.5, 0.6) is 0 Å². The van der Waals surface area contributed by atoms with E-state index in [4.69, 9.17) is 0 Å². The molecule has 0 radical (unpaired) electrons. The zero-order valence-electron chi connectivity index (χ0n) is 7.27. The number of esters is 2. The first kappa shape index (κ1) is 9.10. The molecule has 0 atom stereocenters. The molecule has 1 saturated heterocycles. The molecule has 70 valence electrons. The Labute approximate surface area is 82.5 Å². The fraction of sp³-hybridized carbons (Fsp3) is 0.100. The quantitative estimate of drug-likeness (QED) is 0.389. The molecule has 0 bridgehead atoms. The van der Waals surface area contributed by atoms with Crippen molar-refractivity contribution < 1.29 is 14.3 Å². The van der Waals surface area contributed by atoms with E-state index in [0.29, 0.717) is 5.29 Å². The smallest absolute Gasteiger partial charge is 0.346 e. The maximum absolute atomic E-state index is 11.1. The number of carbonyl (C=O) groups excluding carboxylic acids is 2. The number of hydrogen-bond acceptors (Lipinski definition) is 3. The third-order valence-corrected chi connectivity index (χ3v) is 2.94. The predicted octanol–water partition coefficient (Wildman–Crippen LogP) is 0.904. The number of rotatable bonds is 1. The van der Waals surface area contributed by atoms with Crippen molar-refractivity contribution in [1.82, 2.24) is 0 Å². The first-order valence-electron chi connectivity index (χ1n) is 4.13. The summed E-state index contributed by atoms with van der Waals surface area (Å²) >= 11 is 0. The third kappa shape index (κ3) is 1.88. The lowest BCUT2D eigenvalue weighted by Crippen LogP contribution is -2.05. The molecule has 1 aromatic carbocycles. The summed E-state index contributed by atoms with van der Waals surface area (Å²) in [5.74, 6) is -0.936. The molecular formula is C10H7O3P. The van der Waals surface area contributed by atoms with Crippen LogP contribution in [-0.4, -0.2) is 17.2 Å². The van der Waals surface area contributed by atoms with Crippen molar-refractivity contribution in [1.29, 1.82) is 0 Å². The zero-order chi connectivity index (χ0) is 9.97. The van der Waals surface area contributed by atoms with Crippen LogP contribution in [0.1, 0.15) is 6.42 Å². The average molecular weight is 206 g/mol. The van der Waals surface area contributed by atoms with Crippen molar-refractivity contribution in [3.05, 3.63) is 30.3 Å². The van der Waals surface area contributed by atoms with E-state index in [2.05, 4.69) is 4.74 Å². The van der Waals surface area contributed by atoms with Gasteiger partial charge in [0.15, 0.2) is 0 Å². The lowest BCUT2D eigenvalue weighted by atomic mass is 10.4. The number of benzene rings is 1. The molecule has 1 aromatic rings. The molecule has 0 saturated carbocycles. The van der Waals surface area contributed by atoms with Crippen LogP contribution in [0.4, 0.5) is 0 Å². The summed E-state index contributed by atoms with van der Waals surface area (Å²) < 4.78 is 4.42. The van der Waals surface area contributed by atoms with Gasteiger partial charge in [0.1, 0.15) is 0 Å². The zero-order valence-corrected chi connectivity index (χ0v) is 8.16. The molecule has 0 aromatic heterocycles. The van der Waals surface area contributed by atoms with E-state index in [0.717, 1.165) is 13.5 Å². The molecule has 1 fully saturated rings. The molecule has 14 heavy (non-hydrogen) atoms. The average Bonchev–Trinajstić information content (AvgIpc) is 2.47. The predicted molar refractivity (Wildman–Crippen MR) is 53.7 cm³/mol. The van der Waals surface area contributed by atoms with Crippen molar-refractivity contribution in [3.8, 4) is 0 Å².